The highest BCUT2D eigenvalue weighted by Crippen LogP contribution is 2.31. The molecule has 3 aromatic rings. The third-order valence-electron chi connectivity index (χ3n) is 4.90. The minimum atomic E-state index is -0.917. The van der Waals surface area contributed by atoms with Gasteiger partial charge in [-0.25, -0.2) is 8.78 Å². The van der Waals surface area contributed by atoms with E-state index in [-0.39, 0.29) is 11.5 Å². The number of nitrogens with one attached hydrogen (secondary N) is 1. The molecule has 0 radical (unpaired) electrons. The van der Waals surface area contributed by atoms with Crippen LogP contribution in [-0.2, 0) is 17.8 Å². The number of nitrogens with zero attached hydrogens (tertiary/aromatic N) is 1. The lowest BCUT2D eigenvalue weighted by molar-refractivity contribution is -0.119. The van der Waals surface area contributed by atoms with Gasteiger partial charge in [0.25, 0.3) is 5.91 Å². The number of benzene rings is 3. The number of rotatable bonds is 4. The number of anilines is 2. The predicted molar refractivity (Wildman–Crippen MR) is 107 cm³/mol. The molecule has 29 heavy (non-hydrogen) atoms. The lowest BCUT2D eigenvalue weighted by Gasteiger charge is -2.30. The van der Waals surface area contributed by atoms with Gasteiger partial charge in [0.1, 0.15) is 11.6 Å². The van der Waals surface area contributed by atoms with Crippen LogP contribution in [-0.4, -0.2) is 11.8 Å². The van der Waals surface area contributed by atoms with Gasteiger partial charge in [-0.05, 0) is 47.9 Å². The van der Waals surface area contributed by atoms with Crippen LogP contribution >= 0.6 is 0 Å². The fraction of sp³-hybridized carbons (Fsp3) is 0.130. The second-order valence-corrected chi connectivity index (χ2v) is 6.89. The largest absolute Gasteiger partial charge is 0.322 e. The van der Waals surface area contributed by atoms with E-state index in [4.69, 9.17) is 0 Å². The number of fused-ring (bicyclic) bond motifs is 1. The minimum absolute atomic E-state index is 0.0477. The molecule has 0 unspecified atom stereocenters. The molecule has 0 spiro atoms. The first kappa shape index (κ1) is 18.8. The van der Waals surface area contributed by atoms with Crippen molar-refractivity contribution in [3.05, 3.63) is 95.1 Å². The fourth-order valence-electron chi connectivity index (χ4n) is 3.45. The summed E-state index contributed by atoms with van der Waals surface area (Å²) in [5, 5.41) is 2.64. The summed E-state index contributed by atoms with van der Waals surface area (Å²) in [4.78, 5) is 26.5. The van der Waals surface area contributed by atoms with E-state index in [1.54, 1.807) is 23.1 Å². The smallest absolute Gasteiger partial charge is 0.258 e. The van der Waals surface area contributed by atoms with Crippen LogP contribution in [0.5, 0.6) is 0 Å². The van der Waals surface area contributed by atoms with Crippen molar-refractivity contribution in [3.63, 3.8) is 0 Å². The molecule has 1 heterocycles. The molecule has 2 amide bonds. The average Bonchev–Trinajstić information content (AvgIpc) is 2.71. The predicted octanol–water partition coefficient (Wildman–Crippen LogP) is 4.70. The normalized spacial score (nSPS) is 13.2. The fourth-order valence-corrected chi connectivity index (χ4v) is 3.45. The topological polar surface area (TPSA) is 49.4 Å². The summed E-state index contributed by atoms with van der Waals surface area (Å²) in [6.07, 6.45) is 0.942. The first-order chi connectivity index (χ1) is 14.0. The van der Waals surface area contributed by atoms with Gasteiger partial charge in [-0.3, -0.25) is 9.59 Å². The zero-order chi connectivity index (χ0) is 20.4. The van der Waals surface area contributed by atoms with Gasteiger partial charge >= 0.3 is 0 Å². The summed E-state index contributed by atoms with van der Waals surface area (Å²) >= 11 is 0. The molecule has 0 aliphatic carbocycles. The number of carbonyl (C=O) groups excluding carboxylic acids is 2. The van der Waals surface area contributed by atoms with Crippen LogP contribution < -0.4 is 10.2 Å². The molecule has 0 saturated heterocycles. The van der Waals surface area contributed by atoms with Crippen molar-refractivity contribution in [2.24, 2.45) is 0 Å². The Labute approximate surface area is 166 Å². The highest BCUT2D eigenvalue weighted by Gasteiger charge is 2.24. The maximum Gasteiger partial charge on any atom is 0.258 e. The zero-order valence-corrected chi connectivity index (χ0v) is 15.5. The lowest BCUT2D eigenvalue weighted by atomic mass is 9.99. The Morgan fingerprint density at radius 2 is 1.76 bits per heavy atom. The van der Waals surface area contributed by atoms with Crippen molar-refractivity contribution >= 4 is 23.2 Å². The van der Waals surface area contributed by atoms with Crippen LogP contribution in [0.2, 0.25) is 0 Å². The van der Waals surface area contributed by atoms with Crippen molar-refractivity contribution in [2.45, 2.75) is 19.4 Å². The number of carbonyl (C=O) groups is 2. The molecule has 1 aliphatic rings. The Bertz CT molecular complexity index is 1080. The Morgan fingerprint density at radius 1 is 0.966 bits per heavy atom. The second-order valence-electron chi connectivity index (χ2n) is 6.89. The molecule has 1 aliphatic heterocycles. The number of halogens is 2. The summed E-state index contributed by atoms with van der Waals surface area (Å²) in [6, 6.07) is 17.8. The number of amides is 2. The Morgan fingerprint density at radius 3 is 2.52 bits per heavy atom. The summed E-state index contributed by atoms with van der Waals surface area (Å²) in [5.74, 6) is -2.27. The molecule has 0 aromatic heterocycles. The van der Waals surface area contributed by atoms with Gasteiger partial charge in [0.2, 0.25) is 5.91 Å². The van der Waals surface area contributed by atoms with Crippen molar-refractivity contribution in [1.82, 2.24) is 0 Å². The minimum Gasteiger partial charge on any atom is -0.322 e. The van der Waals surface area contributed by atoms with E-state index in [0.29, 0.717) is 31.1 Å². The molecule has 146 valence electrons. The van der Waals surface area contributed by atoms with Crippen LogP contribution in [0, 0.1) is 11.6 Å². The van der Waals surface area contributed by atoms with Gasteiger partial charge in [0, 0.05) is 23.9 Å². The molecular formula is C23H18F2N2O2. The quantitative estimate of drug-likeness (QED) is 0.700. The Balaban J connectivity index is 1.56. The molecule has 3 aromatic carbocycles. The van der Waals surface area contributed by atoms with E-state index < -0.39 is 17.5 Å². The van der Waals surface area contributed by atoms with E-state index in [9.17, 15) is 18.4 Å². The molecule has 0 fully saturated rings. The van der Waals surface area contributed by atoms with Crippen LogP contribution in [0.4, 0.5) is 20.2 Å². The van der Waals surface area contributed by atoms with Gasteiger partial charge in [-0.2, -0.15) is 0 Å². The maximum atomic E-state index is 13.8. The number of hydrogen-bond donors (Lipinski definition) is 1. The summed E-state index contributed by atoms with van der Waals surface area (Å²) in [5.41, 5.74) is 3.02. The molecule has 0 saturated carbocycles. The zero-order valence-electron chi connectivity index (χ0n) is 15.5. The lowest BCUT2D eigenvalue weighted by Crippen LogP contribution is -2.34. The van der Waals surface area contributed by atoms with Crippen LogP contribution in [0.15, 0.2) is 66.7 Å². The molecule has 4 nitrogen and oxygen atoms in total. The first-order valence-electron chi connectivity index (χ1n) is 9.25. The molecule has 0 bridgehead atoms. The Hall–Kier alpha value is -3.54. The molecule has 1 N–H and O–H groups in total. The standard InChI is InChI=1S/C23H18F2N2O2/c24-17-7-9-19(20(25)13-17)23(29)26-18-8-10-21-16(12-18)6-11-22(28)27(21)14-15-4-2-1-3-5-15/h1-5,7-10,12-13H,6,11,14H2,(H,26,29). The van der Waals surface area contributed by atoms with Crippen molar-refractivity contribution < 1.29 is 18.4 Å². The molecule has 0 atom stereocenters. The summed E-state index contributed by atoms with van der Waals surface area (Å²) in [7, 11) is 0. The van der Waals surface area contributed by atoms with E-state index in [1.807, 2.05) is 30.3 Å². The van der Waals surface area contributed by atoms with E-state index >= 15 is 0 Å². The Kier molecular flexibility index (Phi) is 5.08. The van der Waals surface area contributed by atoms with E-state index in [0.717, 1.165) is 28.9 Å². The summed E-state index contributed by atoms with van der Waals surface area (Å²) < 4.78 is 26.9. The van der Waals surface area contributed by atoms with Gasteiger partial charge in [-0.1, -0.05) is 30.3 Å². The third-order valence-corrected chi connectivity index (χ3v) is 4.90. The number of hydrogen-bond acceptors (Lipinski definition) is 2. The monoisotopic (exact) mass is 392 g/mol. The average molecular weight is 392 g/mol. The first-order valence-corrected chi connectivity index (χ1v) is 9.25. The van der Waals surface area contributed by atoms with Gasteiger partial charge in [0.05, 0.1) is 12.1 Å². The van der Waals surface area contributed by atoms with E-state index in [1.165, 1.54) is 0 Å². The maximum absolute atomic E-state index is 13.8. The summed E-state index contributed by atoms with van der Waals surface area (Å²) in [6.45, 7) is 0.471. The second kappa shape index (κ2) is 7.83. The van der Waals surface area contributed by atoms with Crippen LogP contribution in [0.3, 0.4) is 0 Å². The molecule has 6 heteroatoms. The van der Waals surface area contributed by atoms with Crippen molar-refractivity contribution in [2.75, 3.05) is 10.2 Å². The highest BCUT2D eigenvalue weighted by molar-refractivity contribution is 6.05. The van der Waals surface area contributed by atoms with Crippen molar-refractivity contribution in [1.29, 1.82) is 0 Å². The van der Waals surface area contributed by atoms with Gasteiger partial charge < -0.3 is 10.2 Å². The van der Waals surface area contributed by atoms with E-state index in [2.05, 4.69) is 5.32 Å². The molecule has 4 rings (SSSR count). The molecular weight excluding hydrogens is 374 g/mol. The van der Waals surface area contributed by atoms with Gasteiger partial charge in [-0.15, -0.1) is 0 Å². The highest BCUT2D eigenvalue weighted by atomic mass is 19.1. The van der Waals surface area contributed by atoms with Gasteiger partial charge in [0.15, 0.2) is 0 Å². The number of aryl methyl sites for hydroxylation is 1. The van der Waals surface area contributed by atoms with Crippen LogP contribution in [0.25, 0.3) is 0 Å². The SMILES string of the molecule is O=C(Nc1ccc2c(c1)CCC(=O)N2Cc1ccccc1)c1ccc(F)cc1F. The van der Waals surface area contributed by atoms with Crippen LogP contribution in [0.1, 0.15) is 27.9 Å². The van der Waals surface area contributed by atoms with Crippen molar-refractivity contribution in [3.8, 4) is 0 Å². The third kappa shape index (κ3) is 4.01.